The van der Waals surface area contributed by atoms with Gasteiger partial charge in [-0.3, -0.25) is 9.88 Å². The predicted octanol–water partition coefficient (Wildman–Crippen LogP) is 3.88. The number of likely N-dealkylation sites (tertiary alicyclic amines) is 1. The van der Waals surface area contributed by atoms with Crippen LogP contribution >= 0.6 is 0 Å². The fourth-order valence-corrected chi connectivity index (χ4v) is 3.54. The number of hydrogen-bond donors (Lipinski definition) is 0. The van der Waals surface area contributed by atoms with Crippen molar-refractivity contribution in [3.8, 4) is 11.4 Å². The van der Waals surface area contributed by atoms with Crippen LogP contribution in [-0.2, 0) is 6.54 Å². The minimum absolute atomic E-state index is 0.308. The molecule has 1 saturated heterocycles. The van der Waals surface area contributed by atoms with Crippen molar-refractivity contribution in [2.45, 2.75) is 12.5 Å². The van der Waals surface area contributed by atoms with Gasteiger partial charge in [-0.1, -0.05) is 47.6 Å². The molecule has 5 nitrogen and oxygen atoms in total. The van der Waals surface area contributed by atoms with Gasteiger partial charge in [0.15, 0.2) is 0 Å². The van der Waals surface area contributed by atoms with E-state index in [1.807, 2.05) is 12.1 Å². The van der Waals surface area contributed by atoms with Crippen LogP contribution in [0.5, 0.6) is 0 Å². The molecule has 2 aromatic heterocycles. The number of benzene rings is 2. The van der Waals surface area contributed by atoms with Gasteiger partial charge in [0.25, 0.3) is 0 Å². The van der Waals surface area contributed by atoms with Crippen LogP contribution in [-0.4, -0.2) is 33.1 Å². The van der Waals surface area contributed by atoms with Gasteiger partial charge < -0.3 is 4.52 Å². The van der Waals surface area contributed by atoms with Crippen molar-refractivity contribution in [2.24, 2.45) is 0 Å². The minimum Gasteiger partial charge on any atom is -0.339 e. The molecule has 2 aromatic carbocycles. The average molecular weight is 342 g/mol. The van der Waals surface area contributed by atoms with Gasteiger partial charge in [-0.05, 0) is 28.5 Å². The van der Waals surface area contributed by atoms with Gasteiger partial charge in [0.2, 0.25) is 11.7 Å². The Kier molecular flexibility index (Phi) is 3.72. The summed E-state index contributed by atoms with van der Waals surface area (Å²) in [5.41, 5.74) is 2.25. The maximum Gasteiger partial charge on any atom is 0.232 e. The van der Waals surface area contributed by atoms with E-state index in [1.54, 1.807) is 12.4 Å². The minimum atomic E-state index is 0.308. The number of aromatic nitrogens is 3. The summed E-state index contributed by atoms with van der Waals surface area (Å²) >= 11 is 0. The quantitative estimate of drug-likeness (QED) is 0.563. The predicted molar refractivity (Wildman–Crippen MR) is 99.5 cm³/mol. The van der Waals surface area contributed by atoms with E-state index in [4.69, 9.17) is 4.52 Å². The molecule has 0 N–H and O–H groups in total. The Balaban J connectivity index is 1.27. The van der Waals surface area contributed by atoms with Crippen LogP contribution in [0.4, 0.5) is 0 Å². The highest BCUT2D eigenvalue weighted by molar-refractivity contribution is 5.85. The molecule has 0 aliphatic carbocycles. The van der Waals surface area contributed by atoms with Crippen LogP contribution in [0, 0.1) is 0 Å². The van der Waals surface area contributed by atoms with Gasteiger partial charge in [0, 0.05) is 37.6 Å². The molecule has 0 radical (unpaired) electrons. The monoisotopic (exact) mass is 342 g/mol. The van der Waals surface area contributed by atoms with E-state index in [0.717, 1.165) is 31.1 Å². The van der Waals surface area contributed by atoms with Gasteiger partial charge in [-0.25, -0.2) is 0 Å². The zero-order chi connectivity index (χ0) is 17.3. The molecule has 3 heterocycles. The first kappa shape index (κ1) is 15.2. The Morgan fingerprint density at radius 2 is 1.88 bits per heavy atom. The number of nitrogens with zero attached hydrogens (tertiary/aromatic N) is 4. The maximum atomic E-state index is 5.48. The SMILES string of the molecule is c1cncc(-c2noc(C3CN(Cc4cccc5ccccc45)C3)n2)c1. The van der Waals surface area contributed by atoms with Crippen molar-refractivity contribution in [3.63, 3.8) is 0 Å². The van der Waals surface area contributed by atoms with Crippen molar-refractivity contribution in [2.75, 3.05) is 13.1 Å². The molecule has 4 aromatic rings. The summed E-state index contributed by atoms with van der Waals surface area (Å²) in [5.74, 6) is 1.64. The van der Waals surface area contributed by atoms with Crippen LogP contribution in [0.1, 0.15) is 17.4 Å². The molecular weight excluding hydrogens is 324 g/mol. The Morgan fingerprint density at radius 3 is 2.77 bits per heavy atom. The fraction of sp³-hybridized carbons (Fsp3) is 0.190. The molecule has 0 spiro atoms. The lowest BCUT2D eigenvalue weighted by molar-refractivity contribution is 0.118. The lowest BCUT2D eigenvalue weighted by Gasteiger charge is -2.37. The summed E-state index contributed by atoms with van der Waals surface area (Å²) in [6.07, 6.45) is 3.49. The van der Waals surface area contributed by atoms with Gasteiger partial charge >= 0.3 is 0 Å². The maximum absolute atomic E-state index is 5.48. The summed E-state index contributed by atoms with van der Waals surface area (Å²) in [6, 6.07) is 18.9. The zero-order valence-corrected chi connectivity index (χ0v) is 14.2. The van der Waals surface area contributed by atoms with Gasteiger partial charge in [0.1, 0.15) is 0 Å². The Morgan fingerprint density at radius 1 is 1.00 bits per heavy atom. The second kappa shape index (κ2) is 6.35. The van der Waals surface area contributed by atoms with E-state index >= 15 is 0 Å². The number of rotatable bonds is 4. The number of pyridine rings is 1. The smallest absolute Gasteiger partial charge is 0.232 e. The van der Waals surface area contributed by atoms with E-state index in [2.05, 4.69) is 62.5 Å². The summed E-state index contributed by atoms with van der Waals surface area (Å²) in [6.45, 7) is 2.83. The van der Waals surface area contributed by atoms with Crippen LogP contribution in [0.2, 0.25) is 0 Å². The molecule has 5 rings (SSSR count). The van der Waals surface area contributed by atoms with E-state index in [-0.39, 0.29) is 0 Å². The number of hydrogen-bond acceptors (Lipinski definition) is 5. The fourth-order valence-electron chi connectivity index (χ4n) is 3.54. The molecule has 128 valence electrons. The highest BCUT2D eigenvalue weighted by Crippen LogP contribution is 2.30. The largest absolute Gasteiger partial charge is 0.339 e. The summed E-state index contributed by atoms with van der Waals surface area (Å²) in [5, 5.41) is 6.72. The average Bonchev–Trinajstić information content (AvgIpc) is 3.15. The third kappa shape index (κ3) is 2.76. The summed E-state index contributed by atoms with van der Waals surface area (Å²) in [4.78, 5) is 11.1. The van der Waals surface area contributed by atoms with Gasteiger partial charge in [-0.15, -0.1) is 0 Å². The molecule has 1 fully saturated rings. The molecule has 26 heavy (non-hydrogen) atoms. The highest BCUT2D eigenvalue weighted by atomic mass is 16.5. The second-order valence-corrected chi connectivity index (χ2v) is 6.73. The first-order valence-electron chi connectivity index (χ1n) is 8.80. The van der Waals surface area contributed by atoms with Crippen LogP contribution in [0.3, 0.4) is 0 Å². The van der Waals surface area contributed by atoms with Crippen molar-refractivity contribution < 1.29 is 4.52 Å². The molecular formula is C21H18N4O. The lowest BCUT2D eigenvalue weighted by Crippen LogP contribution is -2.44. The van der Waals surface area contributed by atoms with E-state index in [9.17, 15) is 0 Å². The van der Waals surface area contributed by atoms with E-state index < -0.39 is 0 Å². The Labute approximate surface area is 151 Å². The third-order valence-corrected chi connectivity index (χ3v) is 4.94. The molecule has 0 unspecified atom stereocenters. The second-order valence-electron chi connectivity index (χ2n) is 6.73. The van der Waals surface area contributed by atoms with E-state index in [0.29, 0.717) is 11.7 Å². The standard InChI is InChI=1S/C21H18N4O/c1-2-9-19-15(5-1)6-3-7-17(19)12-25-13-18(14-25)21-23-20(24-26-21)16-8-4-10-22-11-16/h1-11,18H,12-14H2. The molecule has 0 atom stereocenters. The topological polar surface area (TPSA) is 55.1 Å². The van der Waals surface area contributed by atoms with E-state index in [1.165, 1.54) is 16.3 Å². The lowest BCUT2D eigenvalue weighted by atomic mass is 9.97. The highest BCUT2D eigenvalue weighted by Gasteiger charge is 2.32. The molecule has 5 heteroatoms. The molecule has 1 aliphatic rings. The number of fused-ring (bicyclic) bond motifs is 1. The van der Waals surface area contributed by atoms with Crippen molar-refractivity contribution >= 4 is 10.8 Å². The molecule has 0 bridgehead atoms. The van der Waals surface area contributed by atoms with Crippen molar-refractivity contribution in [1.82, 2.24) is 20.0 Å². The first-order valence-corrected chi connectivity index (χ1v) is 8.80. The zero-order valence-electron chi connectivity index (χ0n) is 14.2. The van der Waals surface area contributed by atoms with Gasteiger partial charge in [-0.2, -0.15) is 4.98 Å². The molecule has 0 saturated carbocycles. The van der Waals surface area contributed by atoms with Crippen LogP contribution < -0.4 is 0 Å². The summed E-state index contributed by atoms with van der Waals surface area (Å²) in [7, 11) is 0. The van der Waals surface area contributed by atoms with Crippen molar-refractivity contribution in [3.05, 3.63) is 78.4 Å². The normalized spacial score (nSPS) is 15.2. The van der Waals surface area contributed by atoms with Crippen LogP contribution in [0.25, 0.3) is 22.2 Å². The third-order valence-electron chi connectivity index (χ3n) is 4.94. The molecule has 0 amide bonds. The first-order chi connectivity index (χ1) is 12.9. The van der Waals surface area contributed by atoms with Crippen molar-refractivity contribution in [1.29, 1.82) is 0 Å². The van der Waals surface area contributed by atoms with Gasteiger partial charge in [0.05, 0.1) is 5.92 Å². The molecule has 1 aliphatic heterocycles. The Hall–Kier alpha value is -3.05. The Bertz CT molecular complexity index is 1030. The summed E-state index contributed by atoms with van der Waals surface area (Å²) < 4.78 is 5.48. The van der Waals surface area contributed by atoms with Crippen LogP contribution in [0.15, 0.2) is 71.5 Å².